The summed E-state index contributed by atoms with van der Waals surface area (Å²) in [6.45, 7) is 4.57. The van der Waals surface area contributed by atoms with Crippen LogP contribution in [0.4, 0.5) is 0 Å². The number of hydrogen-bond donors (Lipinski definition) is 2. The number of hydrogen-bond acceptors (Lipinski definition) is 2. The molecule has 1 unspecified atom stereocenters. The zero-order chi connectivity index (χ0) is 9.84. The number of aliphatic hydroxyl groups excluding tert-OH is 1. The largest absolute Gasteiger partial charge is 0.387 e. The highest BCUT2D eigenvalue weighted by Crippen LogP contribution is 2.17. The third kappa shape index (κ3) is 2.54. The molecule has 1 aromatic carbocycles. The second-order valence-electron chi connectivity index (χ2n) is 3.57. The van der Waals surface area contributed by atoms with Gasteiger partial charge in [0.15, 0.2) is 0 Å². The average Bonchev–Trinajstić information content (AvgIpc) is 2.17. The number of rotatable bonds is 3. The summed E-state index contributed by atoms with van der Waals surface area (Å²) >= 11 is 0. The van der Waals surface area contributed by atoms with Crippen molar-refractivity contribution >= 4 is 0 Å². The van der Waals surface area contributed by atoms with Crippen LogP contribution >= 0.6 is 0 Å². The van der Waals surface area contributed by atoms with Crippen LogP contribution in [-0.4, -0.2) is 11.7 Å². The summed E-state index contributed by atoms with van der Waals surface area (Å²) in [5.74, 6) is 0.532. The predicted molar refractivity (Wildman–Crippen MR) is 54.5 cm³/mol. The van der Waals surface area contributed by atoms with Crippen LogP contribution in [0.25, 0.3) is 0 Å². The molecule has 13 heavy (non-hydrogen) atoms. The fourth-order valence-corrected chi connectivity index (χ4v) is 1.24. The van der Waals surface area contributed by atoms with E-state index in [1.165, 1.54) is 5.56 Å². The van der Waals surface area contributed by atoms with Crippen LogP contribution in [0.15, 0.2) is 24.3 Å². The molecule has 0 aliphatic rings. The molecule has 3 N–H and O–H groups in total. The van der Waals surface area contributed by atoms with E-state index in [4.69, 9.17) is 5.73 Å². The van der Waals surface area contributed by atoms with E-state index in [9.17, 15) is 5.11 Å². The Kier molecular flexibility index (Phi) is 3.46. The van der Waals surface area contributed by atoms with E-state index in [1.54, 1.807) is 0 Å². The van der Waals surface area contributed by atoms with Crippen molar-refractivity contribution in [1.29, 1.82) is 0 Å². The van der Waals surface area contributed by atoms with Crippen molar-refractivity contribution < 1.29 is 5.11 Å². The maximum Gasteiger partial charge on any atom is 0.0912 e. The van der Waals surface area contributed by atoms with Crippen molar-refractivity contribution in [3.8, 4) is 0 Å². The summed E-state index contributed by atoms with van der Waals surface area (Å²) in [6, 6.07) is 7.96. The second-order valence-corrected chi connectivity index (χ2v) is 3.57. The van der Waals surface area contributed by atoms with E-state index in [0.29, 0.717) is 5.92 Å². The number of benzene rings is 1. The maximum atomic E-state index is 9.43. The molecule has 72 valence electrons. The minimum atomic E-state index is -0.527. The lowest BCUT2D eigenvalue weighted by molar-refractivity contribution is 0.186. The summed E-state index contributed by atoms with van der Waals surface area (Å²) in [6.07, 6.45) is -0.527. The Bertz CT molecular complexity index is 253. The van der Waals surface area contributed by atoms with Crippen LogP contribution in [0.2, 0.25) is 0 Å². The van der Waals surface area contributed by atoms with Gasteiger partial charge in [-0.2, -0.15) is 0 Å². The SMILES string of the molecule is CC(C)c1ccc(C(O)CN)cc1. The van der Waals surface area contributed by atoms with Gasteiger partial charge in [0, 0.05) is 6.54 Å². The molecule has 0 aliphatic heterocycles. The van der Waals surface area contributed by atoms with Crippen LogP contribution < -0.4 is 5.73 Å². The lowest BCUT2D eigenvalue weighted by Gasteiger charge is -2.10. The van der Waals surface area contributed by atoms with Gasteiger partial charge in [-0.25, -0.2) is 0 Å². The fraction of sp³-hybridized carbons (Fsp3) is 0.455. The van der Waals surface area contributed by atoms with Crippen molar-refractivity contribution in [3.05, 3.63) is 35.4 Å². The molecule has 0 aliphatic carbocycles. The molecule has 0 radical (unpaired) electrons. The first-order valence-corrected chi connectivity index (χ1v) is 4.63. The summed E-state index contributed by atoms with van der Waals surface area (Å²) in [5, 5.41) is 9.43. The summed E-state index contributed by atoms with van der Waals surface area (Å²) in [7, 11) is 0. The van der Waals surface area contributed by atoms with E-state index in [1.807, 2.05) is 24.3 Å². The Morgan fingerprint density at radius 2 is 1.62 bits per heavy atom. The van der Waals surface area contributed by atoms with Crippen LogP contribution in [0.1, 0.15) is 37.0 Å². The second kappa shape index (κ2) is 4.40. The van der Waals surface area contributed by atoms with Gasteiger partial charge in [-0.15, -0.1) is 0 Å². The molecule has 0 heterocycles. The van der Waals surface area contributed by atoms with Crippen LogP contribution in [0, 0.1) is 0 Å². The quantitative estimate of drug-likeness (QED) is 0.743. The Morgan fingerprint density at radius 1 is 1.15 bits per heavy atom. The first kappa shape index (κ1) is 10.2. The van der Waals surface area contributed by atoms with Gasteiger partial charge < -0.3 is 10.8 Å². The van der Waals surface area contributed by atoms with Crippen LogP contribution in [-0.2, 0) is 0 Å². The number of nitrogens with two attached hydrogens (primary N) is 1. The van der Waals surface area contributed by atoms with Gasteiger partial charge in [0.25, 0.3) is 0 Å². The first-order chi connectivity index (χ1) is 6.15. The topological polar surface area (TPSA) is 46.2 Å². The molecule has 0 fully saturated rings. The van der Waals surface area contributed by atoms with Gasteiger partial charge in [0.2, 0.25) is 0 Å². The third-order valence-corrected chi connectivity index (χ3v) is 2.21. The molecule has 0 amide bonds. The molecule has 0 saturated heterocycles. The Labute approximate surface area is 79.4 Å². The highest BCUT2D eigenvalue weighted by molar-refractivity contribution is 5.26. The Balaban J connectivity index is 2.81. The van der Waals surface area contributed by atoms with Crippen molar-refractivity contribution in [2.24, 2.45) is 5.73 Å². The van der Waals surface area contributed by atoms with Gasteiger partial charge in [0.05, 0.1) is 6.10 Å². The molecule has 0 saturated carbocycles. The zero-order valence-corrected chi connectivity index (χ0v) is 8.20. The number of aliphatic hydroxyl groups is 1. The average molecular weight is 179 g/mol. The summed E-state index contributed by atoms with van der Waals surface area (Å²) in [4.78, 5) is 0. The Morgan fingerprint density at radius 3 is 2.00 bits per heavy atom. The van der Waals surface area contributed by atoms with E-state index in [2.05, 4.69) is 13.8 Å². The predicted octanol–water partition coefficient (Wildman–Crippen LogP) is 1.80. The maximum absolute atomic E-state index is 9.43. The lowest BCUT2D eigenvalue weighted by Crippen LogP contribution is -2.11. The molecule has 1 rings (SSSR count). The van der Waals surface area contributed by atoms with E-state index < -0.39 is 6.10 Å². The standard InChI is InChI=1S/C11H17NO/c1-8(2)9-3-5-10(6-4-9)11(13)7-12/h3-6,8,11,13H,7,12H2,1-2H3. The minimum absolute atomic E-state index is 0.279. The molecule has 1 aromatic rings. The molecule has 0 aromatic heterocycles. The molecular formula is C11H17NO. The van der Waals surface area contributed by atoms with Crippen molar-refractivity contribution in [2.45, 2.75) is 25.9 Å². The molecule has 1 atom stereocenters. The van der Waals surface area contributed by atoms with E-state index in [0.717, 1.165) is 5.56 Å². The highest BCUT2D eigenvalue weighted by atomic mass is 16.3. The van der Waals surface area contributed by atoms with Crippen molar-refractivity contribution in [1.82, 2.24) is 0 Å². The fourth-order valence-electron chi connectivity index (χ4n) is 1.24. The molecule has 2 heteroatoms. The van der Waals surface area contributed by atoms with Crippen molar-refractivity contribution in [2.75, 3.05) is 6.54 Å². The minimum Gasteiger partial charge on any atom is -0.387 e. The van der Waals surface area contributed by atoms with Gasteiger partial charge in [-0.05, 0) is 17.0 Å². The van der Waals surface area contributed by atoms with Gasteiger partial charge >= 0.3 is 0 Å². The van der Waals surface area contributed by atoms with Crippen LogP contribution in [0.5, 0.6) is 0 Å². The molecule has 0 bridgehead atoms. The zero-order valence-electron chi connectivity index (χ0n) is 8.20. The third-order valence-electron chi connectivity index (χ3n) is 2.21. The highest BCUT2D eigenvalue weighted by Gasteiger charge is 2.05. The van der Waals surface area contributed by atoms with E-state index >= 15 is 0 Å². The normalized spacial score (nSPS) is 13.3. The van der Waals surface area contributed by atoms with Crippen LogP contribution in [0.3, 0.4) is 0 Å². The van der Waals surface area contributed by atoms with Gasteiger partial charge in [-0.1, -0.05) is 38.1 Å². The Hall–Kier alpha value is -0.860. The van der Waals surface area contributed by atoms with Crippen molar-refractivity contribution in [3.63, 3.8) is 0 Å². The first-order valence-electron chi connectivity index (χ1n) is 4.63. The molecule has 0 spiro atoms. The lowest BCUT2D eigenvalue weighted by atomic mass is 10.00. The van der Waals surface area contributed by atoms with E-state index in [-0.39, 0.29) is 6.54 Å². The van der Waals surface area contributed by atoms with Gasteiger partial charge in [0.1, 0.15) is 0 Å². The smallest absolute Gasteiger partial charge is 0.0912 e. The monoisotopic (exact) mass is 179 g/mol. The summed E-state index contributed by atoms with van der Waals surface area (Å²) in [5.41, 5.74) is 7.53. The molecule has 2 nitrogen and oxygen atoms in total. The summed E-state index contributed by atoms with van der Waals surface area (Å²) < 4.78 is 0. The van der Waals surface area contributed by atoms with Gasteiger partial charge in [-0.3, -0.25) is 0 Å². The molecular weight excluding hydrogens is 162 g/mol.